The summed E-state index contributed by atoms with van der Waals surface area (Å²) in [4.78, 5) is 12.1. The molecule has 0 aliphatic rings. The number of para-hydroxylation sites is 1. The highest BCUT2D eigenvalue weighted by molar-refractivity contribution is 5.93. The van der Waals surface area contributed by atoms with E-state index in [1.54, 1.807) is 0 Å². The van der Waals surface area contributed by atoms with Crippen molar-refractivity contribution in [3.63, 3.8) is 0 Å². The number of aryl methyl sites for hydroxylation is 1. The highest BCUT2D eigenvalue weighted by Crippen LogP contribution is 2.17. The summed E-state index contributed by atoms with van der Waals surface area (Å²) < 4.78 is 0. The second kappa shape index (κ2) is 7.07. The van der Waals surface area contributed by atoms with Gasteiger partial charge in [0.25, 0.3) is 0 Å². The molecule has 0 heterocycles. The zero-order chi connectivity index (χ0) is 12.7. The molecule has 0 saturated carbocycles. The van der Waals surface area contributed by atoms with E-state index in [-0.39, 0.29) is 11.8 Å². The molecule has 94 valence electrons. The molecule has 0 aliphatic heterocycles. The first-order chi connectivity index (χ1) is 8.22. The quantitative estimate of drug-likeness (QED) is 0.793. The third-order valence-electron chi connectivity index (χ3n) is 2.97. The average molecular weight is 234 g/mol. The maximum absolute atomic E-state index is 12.1. The van der Waals surface area contributed by atoms with Gasteiger partial charge in [-0.1, -0.05) is 32.0 Å². The number of hydrogen-bond acceptors (Lipinski definition) is 2. The molecule has 0 radical (unpaired) electrons. The second-order valence-electron chi connectivity index (χ2n) is 4.16. The number of amides is 1. The summed E-state index contributed by atoms with van der Waals surface area (Å²) in [6.45, 7) is 4.85. The van der Waals surface area contributed by atoms with E-state index in [0.29, 0.717) is 0 Å². The average Bonchev–Trinajstić information content (AvgIpc) is 2.36. The lowest BCUT2D eigenvalue weighted by molar-refractivity contribution is -0.119. The summed E-state index contributed by atoms with van der Waals surface area (Å²) in [5, 5.41) is 6.07. The molecule has 1 amide bonds. The lowest BCUT2D eigenvalue weighted by Gasteiger charge is -2.16. The van der Waals surface area contributed by atoms with Gasteiger partial charge in [0.05, 0.1) is 5.92 Å². The molecule has 1 aromatic rings. The molecule has 1 atom stereocenters. The Kier molecular flexibility index (Phi) is 5.70. The Bertz CT molecular complexity index is 363. The van der Waals surface area contributed by atoms with Gasteiger partial charge < -0.3 is 10.6 Å². The van der Waals surface area contributed by atoms with Gasteiger partial charge in [0, 0.05) is 12.2 Å². The minimum atomic E-state index is 0.0323. The molecule has 2 N–H and O–H groups in total. The SMILES string of the molecule is CCc1ccccc1NC(=O)C(CC)CNC. The Labute approximate surface area is 104 Å². The number of carbonyl (C=O) groups is 1. The molecule has 0 spiro atoms. The highest BCUT2D eigenvalue weighted by atomic mass is 16.1. The van der Waals surface area contributed by atoms with Crippen LogP contribution in [0, 0.1) is 5.92 Å². The van der Waals surface area contributed by atoms with Gasteiger partial charge in [-0.3, -0.25) is 4.79 Å². The van der Waals surface area contributed by atoms with Crippen LogP contribution in [0.25, 0.3) is 0 Å². The van der Waals surface area contributed by atoms with Crippen molar-refractivity contribution in [2.75, 3.05) is 18.9 Å². The summed E-state index contributed by atoms with van der Waals surface area (Å²) in [6, 6.07) is 7.96. The van der Waals surface area contributed by atoms with Gasteiger partial charge in [-0.15, -0.1) is 0 Å². The minimum Gasteiger partial charge on any atom is -0.326 e. The van der Waals surface area contributed by atoms with Gasteiger partial charge in [0.15, 0.2) is 0 Å². The summed E-state index contributed by atoms with van der Waals surface area (Å²) in [7, 11) is 1.87. The molecule has 1 rings (SSSR count). The van der Waals surface area contributed by atoms with Crippen molar-refractivity contribution < 1.29 is 4.79 Å². The van der Waals surface area contributed by atoms with E-state index in [9.17, 15) is 4.79 Å². The van der Waals surface area contributed by atoms with E-state index in [2.05, 4.69) is 23.6 Å². The maximum atomic E-state index is 12.1. The van der Waals surface area contributed by atoms with Gasteiger partial charge in [0.1, 0.15) is 0 Å². The summed E-state index contributed by atoms with van der Waals surface area (Å²) in [5.41, 5.74) is 2.12. The Hall–Kier alpha value is -1.35. The van der Waals surface area contributed by atoms with E-state index in [0.717, 1.165) is 25.1 Å². The van der Waals surface area contributed by atoms with Crippen LogP contribution in [0.5, 0.6) is 0 Å². The predicted octanol–water partition coefficient (Wildman–Crippen LogP) is 2.43. The normalized spacial score (nSPS) is 12.2. The minimum absolute atomic E-state index is 0.0323. The van der Waals surface area contributed by atoms with Crippen molar-refractivity contribution in [2.24, 2.45) is 5.92 Å². The summed E-state index contributed by atoms with van der Waals surface area (Å²) in [5.74, 6) is 0.132. The molecule has 0 aromatic heterocycles. The van der Waals surface area contributed by atoms with E-state index in [1.165, 1.54) is 5.56 Å². The number of carbonyl (C=O) groups excluding carboxylic acids is 1. The Morgan fingerprint density at radius 1 is 1.29 bits per heavy atom. The van der Waals surface area contributed by atoms with Crippen LogP contribution in [0.4, 0.5) is 5.69 Å². The van der Waals surface area contributed by atoms with Gasteiger partial charge >= 0.3 is 0 Å². The van der Waals surface area contributed by atoms with E-state index in [1.807, 2.05) is 32.2 Å². The molecule has 1 unspecified atom stereocenters. The fraction of sp³-hybridized carbons (Fsp3) is 0.500. The molecule has 3 nitrogen and oxygen atoms in total. The number of anilines is 1. The molecule has 0 fully saturated rings. The molecular weight excluding hydrogens is 212 g/mol. The first-order valence-corrected chi connectivity index (χ1v) is 6.26. The van der Waals surface area contributed by atoms with Crippen molar-refractivity contribution in [1.29, 1.82) is 0 Å². The van der Waals surface area contributed by atoms with Crippen LogP contribution in [-0.4, -0.2) is 19.5 Å². The zero-order valence-corrected chi connectivity index (χ0v) is 10.9. The highest BCUT2D eigenvalue weighted by Gasteiger charge is 2.16. The Morgan fingerprint density at radius 2 is 2.00 bits per heavy atom. The first kappa shape index (κ1) is 13.7. The fourth-order valence-corrected chi connectivity index (χ4v) is 1.85. The fourth-order valence-electron chi connectivity index (χ4n) is 1.85. The standard InChI is InChI=1S/C14H22N2O/c1-4-11-8-6-7-9-13(11)16-14(17)12(5-2)10-15-3/h6-9,12,15H,4-5,10H2,1-3H3,(H,16,17). The molecule has 3 heteroatoms. The Balaban J connectivity index is 2.72. The van der Waals surface area contributed by atoms with Crippen molar-refractivity contribution in [1.82, 2.24) is 5.32 Å². The smallest absolute Gasteiger partial charge is 0.228 e. The lowest BCUT2D eigenvalue weighted by Crippen LogP contribution is -2.30. The second-order valence-corrected chi connectivity index (χ2v) is 4.16. The van der Waals surface area contributed by atoms with Gasteiger partial charge in [-0.25, -0.2) is 0 Å². The van der Waals surface area contributed by atoms with E-state index in [4.69, 9.17) is 0 Å². The van der Waals surface area contributed by atoms with Crippen LogP contribution in [-0.2, 0) is 11.2 Å². The molecule has 17 heavy (non-hydrogen) atoms. The lowest BCUT2D eigenvalue weighted by atomic mass is 10.0. The van der Waals surface area contributed by atoms with Crippen molar-refractivity contribution in [3.05, 3.63) is 29.8 Å². The Morgan fingerprint density at radius 3 is 2.59 bits per heavy atom. The largest absolute Gasteiger partial charge is 0.326 e. The number of nitrogens with one attached hydrogen (secondary N) is 2. The molecule has 0 aliphatic carbocycles. The van der Waals surface area contributed by atoms with Crippen LogP contribution in [0.1, 0.15) is 25.8 Å². The van der Waals surface area contributed by atoms with Crippen molar-refractivity contribution in [2.45, 2.75) is 26.7 Å². The van der Waals surface area contributed by atoms with Crippen LogP contribution in [0.15, 0.2) is 24.3 Å². The van der Waals surface area contributed by atoms with Gasteiger partial charge in [-0.05, 0) is 31.5 Å². The predicted molar refractivity (Wildman–Crippen MR) is 72.2 cm³/mol. The third kappa shape index (κ3) is 3.86. The van der Waals surface area contributed by atoms with Crippen LogP contribution < -0.4 is 10.6 Å². The molecule has 1 aromatic carbocycles. The van der Waals surface area contributed by atoms with Gasteiger partial charge in [0.2, 0.25) is 5.91 Å². The summed E-state index contributed by atoms with van der Waals surface area (Å²) in [6.07, 6.45) is 1.78. The monoisotopic (exact) mass is 234 g/mol. The van der Waals surface area contributed by atoms with Gasteiger partial charge in [-0.2, -0.15) is 0 Å². The molecule has 0 saturated heterocycles. The number of benzene rings is 1. The first-order valence-electron chi connectivity index (χ1n) is 6.26. The molecular formula is C14H22N2O. The van der Waals surface area contributed by atoms with Crippen molar-refractivity contribution in [3.8, 4) is 0 Å². The van der Waals surface area contributed by atoms with Crippen molar-refractivity contribution >= 4 is 11.6 Å². The van der Waals surface area contributed by atoms with Crippen LogP contribution in [0.2, 0.25) is 0 Å². The number of hydrogen-bond donors (Lipinski definition) is 2. The third-order valence-corrected chi connectivity index (χ3v) is 2.97. The van der Waals surface area contributed by atoms with E-state index < -0.39 is 0 Å². The van der Waals surface area contributed by atoms with E-state index >= 15 is 0 Å². The number of rotatable bonds is 6. The maximum Gasteiger partial charge on any atom is 0.228 e. The molecule has 0 bridgehead atoms. The summed E-state index contributed by atoms with van der Waals surface area (Å²) >= 11 is 0. The topological polar surface area (TPSA) is 41.1 Å². The van der Waals surface area contributed by atoms with Crippen LogP contribution >= 0.6 is 0 Å². The zero-order valence-electron chi connectivity index (χ0n) is 10.9. The van der Waals surface area contributed by atoms with Crippen LogP contribution in [0.3, 0.4) is 0 Å².